The number of aliphatic hydroxyl groups excluding tert-OH is 1. The minimum atomic E-state index is -0.554. The summed E-state index contributed by atoms with van der Waals surface area (Å²) in [4.78, 5) is 0. The van der Waals surface area contributed by atoms with Gasteiger partial charge in [-0.05, 0) is 48.5 Å². The first-order chi connectivity index (χ1) is 9.67. The molecule has 0 radical (unpaired) electrons. The second-order valence-electron chi connectivity index (χ2n) is 4.27. The average Bonchev–Trinajstić information content (AvgIpc) is 2.48. The van der Waals surface area contributed by atoms with Crippen LogP contribution in [0.25, 0.3) is 0 Å². The van der Waals surface area contributed by atoms with Gasteiger partial charge in [0.1, 0.15) is 11.5 Å². The number of halogens is 2. The van der Waals surface area contributed by atoms with Crippen molar-refractivity contribution in [1.82, 2.24) is 0 Å². The van der Waals surface area contributed by atoms with Gasteiger partial charge in [0.05, 0.1) is 12.0 Å². The molecule has 2 aromatic rings. The number of rotatable bonds is 6. The van der Waals surface area contributed by atoms with Crippen LogP contribution in [-0.4, -0.2) is 23.6 Å². The minimum Gasteiger partial charge on any atom is -0.457 e. The number of ether oxygens (including phenoxy) is 1. The highest BCUT2D eigenvalue weighted by Gasteiger charge is 2.02. The Morgan fingerprint density at radius 3 is 2.10 bits per heavy atom. The van der Waals surface area contributed by atoms with Crippen molar-refractivity contribution in [3.63, 3.8) is 0 Å². The quantitative estimate of drug-likeness (QED) is 0.788. The molecule has 5 heteroatoms. The van der Waals surface area contributed by atoms with Gasteiger partial charge in [-0.25, -0.2) is 0 Å². The lowest BCUT2D eigenvalue weighted by atomic mass is 10.3. The number of alkyl halides is 1. The van der Waals surface area contributed by atoms with Crippen LogP contribution in [0, 0.1) is 0 Å². The van der Waals surface area contributed by atoms with E-state index >= 15 is 0 Å². The van der Waals surface area contributed by atoms with Gasteiger partial charge in [0, 0.05) is 17.3 Å². The number of anilines is 1. The van der Waals surface area contributed by atoms with Gasteiger partial charge < -0.3 is 15.2 Å². The van der Waals surface area contributed by atoms with Crippen LogP contribution in [-0.2, 0) is 0 Å². The van der Waals surface area contributed by atoms with Gasteiger partial charge in [0.2, 0.25) is 0 Å². The molecule has 0 saturated carbocycles. The molecule has 2 aromatic carbocycles. The first-order valence-electron chi connectivity index (χ1n) is 6.19. The number of benzene rings is 2. The van der Waals surface area contributed by atoms with Crippen LogP contribution in [0.5, 0.6) is 11.5 Å². The normalized spacial score (nSPS) is 11.9. The molecular formula is C15H15Cl2NO2. The third-order valence-corrected chi connectivity index (χ3v) is 3.23. The fourth-order valence-electron chi connectivity index (χ4n) is 1.57. The second kappa shape index (κ2) is 7.39. The molecule has 0 amide bonds. The number of hydrogen-bond acceptors (Lipinski definition) is 3. The highest BCUT2D eigenvalue weighted by molar-refractivity contribution is 6.30. The first kappa shape index (κ1) is 15.0. The summed E-state index contributed by atoms with van der Waals surface area (Å²) in [7, 11) is 0. The lowest BCUT2D eigenvalue weighted by molar-refractivity contribution is 0.211. The molecular weight excluding hydrogens is 297 g/mol. The van der Waals surface area contributed by atoms with E-state index in [2.05, 4.69) is 5.32 Å². The Labute approximate surface area is 128 Å². The summed E-state index contributed by atoms with van der Waals surface area (Å²) < 4.78 is 5.68. The van der Waals surface area contributed by atoms with Crippen LogP contribution >= 0.6 is 23.2 Å². The predicted molar refractivity (Wildman–Crippen MR) is 83.2 cm³/mol. The maximum absolute atomic E-state index is 9.36. The molecule has 0 bridgehead atoms. The fourth-order valence-corrected chi connectivity index (χ4v) is 1.80. The van der Waals surface area contributed by atoms with Crippen molar-refractivity contribution in [2.45, 2.75) is 6.10 Å². The third kappa shape index (κ3) is 4.60. The molecule has 2 rings (SSSR count). The molecule has 0 spiro atoms. The lowest BCUT2D eigenvalue weighted by Crippen LogP contribution is -2.20. The molecule has 0 aliphatic carbocycles. The summed E-state index contributed by atoms with van der Waals surface area (Å²) in [6, 6.07) is 14.6. The van der Waals surface area contributed by atoms with Crippen molar-refractivity contribution in [1.29, 1.82) is 0 Å². The first-order valence-corrected chi connectivity index (χ1v) is 7.10. The Kier molecular flexibility index (Phi) is 5.53. The topological polar surface area (TPSA) is 41.5 Å². The molecule has 106 valence electrons. The van der Waals surface area contributed by atoms with Crippen molar-refractivity contribution in [2.24, 2.45) is 0 Å². The molecule has 20 heavy (non-hydrogen) atoms. The predicted octanol–water partition coefficient (Wildman–Crippen LogP) is 4.14. The van der Waals surface area contributed by atoms with Gasteiger partial charge in [-0.3, -0.25) is 0 Å². The van der Waals surface area contributed by atoms with Crippen molar-refractivity contribution in [3.05, 3.63) is 53.6 Å². The minimum absolute atomic E-state index is 0.213. The van der Waals surface area contributed by atoms with Gasteiger partial charge in [-0.2, -0.15) is 0 Å². The Balaban J connectivity index is 1.92. The summed E-state index contributed by atoms with van der Waals surface area (Å²) in [6.45, 7) is 0.418. The van der Waals surface area contributed by atoms with E-state index in [-0.39, 0.29) is 5.88 Å². The Hall–Kier alpha value is -1.42. The summed E-state index contributed by atoms with van der Waals surface area (Å²) in [6.07, 6.45) is -0.554. The maximum atomic E-state index is 9.36. The summed E-state index contributed by atoms with van der Waals surface area (Å²) in [5, 5.41) is 13.1. The van der Waals surface area contributed by atoms with Crippen LogP contribution in [0.3, 0.4) is 0 Å². The fraction of sp³-hybridized carbons (Fsp3) is 0.200. The van der Waals surface area contributed by atoms with E-state index < -0.39 is 6.10 Å². The van der Waals surface area contributed by atoms with E-state index in [1.165, 1.54) is 0 Å². The second-order valence-corrected chi connectivity index (χ2v) is 5.01. The van der Waals surface area contributed by atoms with E-state index in [1.807, 2.05) is 36.4 Å². The standard InChI is InChI=1S/C15H15Cl2NO2/c16-9-13(19)10-18-12-3-7-15(8-4-12)20-14-5-1-11(17)2-6-14/h1-8,13,18-19H,9-10H2. The van der Waals surface area contributed by atoms with Crippen molar-refractivity contribution in [2.75, 3.05) is 17.7 Å². The molecule has 1 atom stereocenters. The van der Waals surface area contributed by atoms with Crippen molar-refractivity contribution < 1.29 is 9.84 Å². The van der Waals surface area contributed by atoms with Gasteiger partial charge >= 0.3 is 0 Å². The zero-order chi connectivity index (χ0) is 14.4. The third-order valence-electron chi connectivity index (χ3n) is 2.62. The van der Waals surface area contributed by atoms with Crippen molar-refractivity contribution in [3.8, 4) is 11.5 Å². The van der Waals surface area contributed by atoms with Crippen LogP contribution < -0.4 is 10.1 Å². The van der Waals surface area contributed by atoms with Crippen LogP contribution in [0.15, 0.2) is 48.5 Å². The number of nitrogens with one attached hydrogen (secondary N) is 1. The van der Waals surface area contributed by atoms with E-state index in [1.54, 1.807) is 12.1 Å². The summed E-state index contributed by atoms with van der Waals surface area (Å²) in [5.41, 5.74) is 0.901. The van der Waals surface area contributed by atoms with E-state index in [0.717, 1.165) is 17.2 Å². The van der Waals surface area contributed by atoms with Gasteiger partial charge in [-0.1, -0.05) is 11.6 Å². The highest BCUT2D eigenvalue weighted by atomic mass is 35.5. The van der Waals surface area contributed by atoms with Gasteiger partial charge in [0.15, 0.2) is 0 Å². The lowest BCUT2D eigenvalue weighted by Gasteiger charge is -2.11. The average molecular weight is 312 g/mol. The molecule has 0 aliphatic rings. The summed E-state index contributed by atoms with van der Waals surface area (Å²) in [5.74, 6) is 1.67. The SMILES string of the molecule is OC(CCl)CNc1ccc(Oc2ccc(Cl)cc2)cc1. The van der Waals surface area contributed by atoms with Gasteiger partial charge in [-0.15, -0.1) is 11.6 Å². The van der Waals surface area contributed by atoms with E-state index in [0.29, 0.717) is 11.6 Å². The van der Waals surface area contributed by atoms with Crippen LogP contribution in [0.2, 0.25) is 5.02 Å². The number of hydrogen-bond donors (Lipinski definition) is 2. The van der Waals surface area contributed by atoms with Crippen LogP contribution in [0.4, 0.5) is 5.69 Å². The Morgan fingerprint density at radius 1 is 1.00 bits per heavy atom. The van der Waals surface area contributed by atoms with Gasteiger partial charge in [0.25, 0.3) is 0 Å². The van der Waals surface area contributed by atoms with E-state index in [9.17, 15) is 5.11 Å². The molecule has 0 saturated heterocycles. The highest BCUT2D eigenvalue weighted by Crippen LogP contribution is 2.24. The van der Waals surface area contributed by atoms with Crippen molar-refractivity contribution >= 4 is 28.9 Å². The van der Waals surface area contributed by atoms with E-state index in [4.69, 9.17) is 27.9 Å². The largest absolute Gasteiger partial charge is 0.457 e. The van der Waals surface area contributed by atoms with Crippen LogP contribution in [0.1, 0.15) is 0 Å². The molecule has 0 aliphatic heterocycles. The Morgan fingerprint density at radius 2 is 1.55 bits per heavy atom. The molecule has 3 nitrogen and oxygen atoms in total. The maximum Gasteiger partial charge on any atom is 0.127 e. The molecule has 0 aromatic heterocycles. The summed E-state index contributed by atoms with van der Waals surface area (Å²) >= 11 is 11.3. The Bertz CT molecular complexity index is 529. The zero-order valence-electron chi connectivity index (χ0n) is 10.7. The monoisotopic (exact) mass is 311 g/mol. The molecule has 0 fully saturated rings. The zero-order valence-corrected chi connectivity index (χ0v) is 12.2. The molecule has 1 unspecified atom stereocenters. The number of aliphatic hydroxyl groups is 1. The molecule has 0 heterocycles. The smallest absolute Gasteiger partial charge is 0.127 e. The molecule has 2 N–H and O–H groups in total.